The number of ether oxygens (including phenoxy) is 2. The number of H-pyrrole nitrogens is 1. The van der Waals surface area contributed by atoms with E-state index in [1.54, 1.807) is 46.2 Å². The van der Waals surface area contributed by atoms with Crippen LogP contribution in [0, 0.1) is 13.8 Å². The van der Waals surface area contributed by atoms with Crippen molar-refractivity contribution in [3.05, 3.63) is 35.7 Å². The summed E-state index contributed by atoms with van der Waals surface area (Å²) in [4.78, 5) is 4.59. The summed E-state index contributed by atoms with van der Waals surface area (Å²) in [5.74, 6) is 1.06. The van der Waals surface area contributed by atoms with E-state index in [1.807, 2.05) is 19.9 Å². The molecule has 0 aliphatic heterocycles. The summed E-state index contributed by atoms with van der Waals surface area (Å²) in [6.45, 7) is 9.80. The fourth-order valence-corrected chi connectivity index (χ4v) is 4.36. The monoisotopic (exact) mass is 446 g/mol. The van der Waals surface area contributed by atoms with E-state index in [1.165, 1.54) is 0 Å². The van der Waals surface area contributed by atoms with Gasteiger partial charge < -0.3 is 14.8 Å². The van der Waals surface area contributed by atoms with Gasteiger partial charge in [-0.3, -0.25) is 10.1 Å². The lowest BCUT2D eigenvalue weighted by Gasteiger charge is -2.22. The van der Waals surface area contributed by atoms with Crippen LogP contribution in [0.15, 0.2) is 29.3 Å². The lowest BCUT2D eigenvalue weighted by atomic mass is 10.1. The number of hydrogen-bond donors (Lipinski definition) is 2. The lowest BCUT2D eigenvalue weighted by molar-refractivity contribution is 0.171. The van der Waals surface area contributed by atoms with Gasteiger partial charge in [0.15, 0.2) is 9.84 Å². The van der Waals surface area contributed by atoms with Crippen LogP contribution in [0.1, 0.15) is 38.4 Å². The first-order chi connectivity index (χ1) is 14.6. The summed E-state index contributed by atoms with van der Waals surface area (Å²) in [7, 11) is -2.05. The third kappa shape index (κ3) is 4.67. The van der Waals surface area contributed by atoms with Gasteiger partial charge in [-0.15, -0.1) is 0 Å². The van der Waals surface area contributed by atoms with Gasteiger partial charge in [0.25, 0.3) is 0 Å². The van der Waals surface area contributed by atoms with Crippen molar-refractivity contribution in [2.45, 2.75) is 50.7 Å². The molecular formula is C22H30N4O4S. The average molecular weight is 447 g/mol. The summed E-state index contributed by atoms with van der Waals surface area (Å²) in [5.41, 5.74) is 3.25. The van der Waals surface area contributed by atoms with Crippen molar-refractivity contribution in [3.8, 4) is 5.75 Å². The van der Waals surface area contributed by atoms with Crippen molar-refractivity contribution in [1.82, 2.24) is 15.2 Å². The van der Waals surface area contributed by atoms with E-state index in [9.17, 15) is 8.42 Å². The second-order valence-electron chi connectivity index (χ2n) is 8.42. The van der Waals surface area contributed by atoms with Crippen LogP contribution in [0.3, 0.4) is 0 Å². The Labute approximate surface area is 183 Å². The minimum Gasteiger partial charge on any atom is -0.492 e. The normalized spacial score (nSPS) is 12.3. The molecule has 1 aromatic carbocycles. The fraction of sp³-hybridized carbons (Fsp3) is 0.455. The Morgan fingerprint density at radius 1 is 1.16 bits per heavy atom. The summed E-state index contributed by atoms with van der Waals surface area (Å²) < 4.78 is 36.7. The molecule has 168 valence electrons. The second-order valence-corrected chi connectivity index (χ2v) is 11.1. The van der Waals surface area contributed by atoms with Crippen molar-refractivity contribution in [2.75, 3.05) is 25.6 Å². The van der Waals surface area contributed by atoms with Crippen LogP contribution in [-0.4, -0.2) is 48.7 Å². The largest absolute Gasteiger partial charge is 0.492 e. The van der Waals surface area contributed by atoms with Gasteiger partial charge in [-0.25, -0.2) is 8.42 Å². The molecule has 2 aromatic heterocycles. The standard InChI is InChI=1S/C22H30N4O4S/c1-14-15(2)25-26-21(14)24-17-8-9-23-18-13-19(30-11-7-10-29-6)20(12-16(17)18)31(27,28)22(3,4)5/h8-9,12-13H,7,10-11H2,1-6H3,(H2,23,24,25,26). The van der Waals surface area contributed by atoms with E-state index in [0.717, 1.165) is 22.8 Å². The van der Waals surface area contributed by atoms with Crippen molar-refractivity contribution >= 4 is 32.2 Å². The molecule has 0 saturated heterocycles. The number of anilines is 2. The van der Waals surface area contributed by atoms with Crippen LogP contribution in [0.2, 0.25) is 0 Å². The Balaban J connectivity index is 2.13. The third-order valence-electron chi connectivity index (χ3n) is 5.17. The van der Waals surface area contributed by atoms with Gasteiger partial charge in [0, 0.05) is 43.4 Å². The topological polar surface area (TPSA) is 106 Å². The Morgan fingerprint density at radius 2 is 1.90 bits per heavy atom. The number of nitrogens with one attached hydrogen (secondary N) is 2. The molecule has 0 unspecified atom stereocenters. The van der Waals surface area contributed by atoms with Gasteiger partial charge in [0.1, 0.15) is 16.5 Å². The van der Waals surface area contributed by atoms with Gasteiger partial charge in [0.05, 0.1) is 28.3 Å². The highest BCUT2D eigenvalue weighted by atomic mass is 32.2. The van der Waals surface area contributed by atoms with Gasteiger partial charge in [0.2, 0.25) is 0 Å². The molecule has 0 radical (unpaired) electrons. The highest BCUT2D eigenvalue weighted by Crippen LogP contribution is 2.37. The molecule has 0 fully saturated rings. The molecule has 0 aliphatic rings. The number of fused-ring (bicyclic) bond motifs is 1. The maximum atomic E-state index is 13.4. The smallest absolute Gasteiger partial charge is 0.186 e. The van der Waals surface area contributed by atoms with Crippen molar-refractivity contribution in [2.24, 2.45) is 0 Å². The molecule has 0 amide bonds. The SMILES string of the molecule is COCCCOc1cc2nccc(Nc3[nH]nc(C)c3C)c2cc1S(=O)(=O)C(C)(C)C. The number of pyridine rings is 1. The summed E-state index contributed by atoms with van der Waals surface area (Å²) in [5, 5.41) is 11.2. The molecule has 31 heavy (non-hydrogen) atoms. The van der Waals surface area contributed by atoms with Crippen molar-refractivity contribution in [1.29, 1.82) is 0 Å². The molecule has 2 N–H and O–H groups in total. The van der Waals surface area contributed by atoms with Crippen molar-refractivity contribution in [3.63, 3.8) is 0 Å². The number of aromatic amines is 1. The van der Waals surface area contributed by atoms with Crippen LogP contribution < -0.4 is 10.1 Å². The zero-order chi connectivity index (χ0) is 22.8. The minimum absolute atomic E-state index is 0.151. The van der Waals surface area contributed by atoms with Gasteiger partial charge in [-0.1, -0.05) is 0 Å². The predicted octanol–water partition coefficient (Wildman–Crippen LogP) is 4.31. The molecule has 0 spiro atoms. The van der Waals surface area contributed by atoms with Crippen LogP contribution in [0.25, 0.3) is 10.9 Å². The minimum atomic E-state index is -3.67. The van der Waals surface area contributed by atoms with Crippen LogP contribution in [0.4, 0.5) is 11.5 Å². The number of benzene rings is 1. The number of aromatic nitrogens is 3. The van der Waals surface area contributed by atoms with Crippen LogP contribution in [-0.2, 0) is 14.6 Å². The fourth-order valence-electron chi connectivity index (χ4n) is 3.05. The van der Waals surface area contributed by atoms with Gasteiger partial charge >= 0.3 is 0 Å². The van der Waals surface area contributed by atoms with E-state index in [4.69, 9.17) is 9.47 Å². The first-order valence-corrected chi connectivity index (χ1v) is 11.6. The highest BCUT2D eigenvalue weighted by Gasteiger charge is 2.34. The number of nitrogens with zero attached hydrogens (tertiary/aromatic N) is 2. The number of aryl methyl sites for hydroxylation is 1. The summed E-state index contributed by atoms with van der Waals surface area (Å²) >= 11 is 0. The molecule has 0 aliphatic carbocycles. The Hall–Kier alpha value is -2.65. The quantitative estimate of drug-likeness (QED) is 0.497. The molecule has 8 nitrogen and oxygen atoms in total. The molecule has 0 atom stereocenters. The van der Waals surface area contributed by atoms with E-state index >= 15 is 0 Å². The molecule has 3 rings (SSSR count). The molecule has 2 heterocycles. The van der Waals surface area contributed by atoms with E-state index in [2.05, 4.69) is 20.5 Å². The predicted molar refractivity (Wildman–Crippen MR) is 122 cm³/mol. The van der Waals surface area contributed by atoms with Crippen molar-refractivity contribution < 1.29 is 17.9 Å². The maximum absolute atomic E-state index is 13.4. The number of hydrogen-bond acceptors (Lipinski definition) is 7. The first kappa shape index (κ1) is 23.0. The Bertz CT molecular complexity index is 1180. The zero-order valence-corrected chi connectivity index (χ0v) is 19.7. The second kappa shape index (κ2) is 8.84. The number of sulfone groups is 1. The third-order valence-corrected chi connectivity index (χ3v) is 7.68. The number of methoxy groups -OCH3 is 1. The van der Waals surface area contributed by atoms with E-state index < -0.39 is 14.6 Å². The number of rotatable bonds is 8. The molecule has 3 aromatic rings. The van der Waals surface area contributed by atoms with Crippen LogP contribution in [0.5, 0.6) is 5.75 Å². The van der Waals surface area contributed by atoms with E-state index in [0.29, 0.717) is 36.3 Å². The average Bonchev–Trinajstić information content (AvgIpc) is 3.02. The van der Waals surface area contributed by atoms with Gasteiger partial charge in [-0.2, -0.15) is 5.10 Å². The lowest BCUT2D eigenvalue weighted by Crippen LogP contribution is -2.28. The maximum Gasteiger partial charge on any atom is 0.186 e. The molecule has 0 bridgehead atoms. The van der Waals surface area contributed by atoms with Crippen LogP contribution >= 0.6 is 0 Å². The Kier molecular flexibility index (Phi) is 6.56. The highest BCUT2D eigenvalue weighted by molar-refractivity contribution is 7.92. The molecule has 9 heteroatoms. The summed E-state index contributed by atoms with van der Waals surface area (Å²) in [6.07, 6.45) is 2.33. The summed E-state index contributed by atoms with van der Waals surface area (Å²) in [6, 6.07) is 5.15. The van der Waals surface area contributed by atoms with Gasteiger partial charge in [-0.05, 0) is 46.8 Å². The molecule has 0 saturated carbocycles. The molecular weight excluding hydrogens is 416 g/mol. The Morgan fingerprint density at radius 3 is 2.52 bits per heavy atom. The zero-order valence-electron chi connectivity index (χ0n) is 18.9. The first-order valence-electron chi connectivity index (χ1n) is 10.1. The van der Waals surface area contributed by atoms with E-state index in [-0.39, 0.29) is 4.90 Å².